The monoisotopic (exact) mass is 268 g/mol. The van der Waals surface area contributed by atoms with Gasteiger partial charge in [0.25, 0.3) is 6.43 Å². The summed E-state index contributed by atoms with van der Waals surface area (Å²) >= 11 is 0. The molecule has 1 aromatic rings. The molecule has 0 bridgehead atoms. The maximum absolute atomic E-state index is 12.8. The molecule has 1 aliphatic rings. The summed E-state index contributed by atoms with van der Waals surface area (Å²) in [5.41, 5.74) is 0.630. The number of rotatable bonds is 2. The van der Waals surface area contributed by atoms with E-state index in [4.69, 9.17) is 9.31 Å². The number of alkyl halides is 2. The van der Waals surface area contributed by atoms with Gasteiger partial charge in [-0.15, -0.1) is 0 Å². The van der Waals surface area contributed by atoms with Gasteiger partial charge in [-0.3, -0.25) is 0 Å². The van der Waals surface area contributed by atoms with Gasteiger partial charge in [0.2, 0.25) is 0 Å². The molecule has 0 saturated carbocycles. The zero-order chi connectivity index (χ0) is 14.4. The SMILES string of the molecule is Cc1ccc(C(F)F)cc1B1OC(C)(C)C(C)(C)O1. The highest BCUT2D eigenvalue weighted by molar-refractivity contribution is 6.62. The lowest BCUT2D eigenvalue weighted by Gasteiger charge is -2.32. The summed E-state index contributed by atoms with van der Waals surface area (Å²) in [6.07, 6.45) is -2.48. The Balaban J connectivity index is 2.36. The molecule has 0 amide bonds. The van der Waals surface area contributed by atoms with Crippen LogP contribution in [0.25, 0.3) is 0 Å². The van der Waals surface area contributed by atoms with Crippen LogP contribution >= 0.6 is 0 Å². The summed E-state index contributed by atoms with van der Waals surface area (Å²) in [4.78, 5) is 0. The van der Waals surface area contributed by atoms with E-state index >= 15 is 0 Å². The predicted octanol–water partition coefficient (Wildman–Crippen LogP) is 3.23. The van der Waals surface area contributed by atoms with Crippen LogP contribution in [0.3, 0.4) is 0 Å². The largest absolute Gasteiger partial charge is 0.495 e. The van der Waals surface area contributed by atoms with Crippen molar-refractivity contribution in [2.45, 2.75) is 52.2 Å². The van der Waals surface area contributed by atoms with Crippen LogP contribution in [0.15, 0.2) is 18.2 Å². The van der Waals surface area contributed by atoms with E-state index in [9.17, 15) is 8.78 Å². The Kier molecular flexibility index (Phi) is 3.48. The van der Waals surface area contributed by atoms with Gasteiger partial charge in [0.1, 0.15) is 0 Å². The molecule has 1 aromatic carbocycles. The Morgan fingerprint density at radius 1 is 1.05 bits per heavy atom. The summed E-state index contributed by atoms with van der Waals surface area (Å²) in [7, 11) is -0.594. The molecule has 19 heavy (non-hydrogen) atoms. The highest BCUT2D eigenvalue weighted by atomic mass is 19.3. The van der Waals surface area contributed by atoms with Crippen molar-refractivity contribution < 1.29 is 18.1 Å². The molecule has 0 unspecified atom stereocenters. The normalized spacial score (nSPS) is 21.2. The van der Waals surface area contributed by atoms with Crippen molar-refractivity contribution in [2.24, 2.45) is 0 Å². The van der Waals surface area contributed by atoms with Crippen LogP contribution in [0.5, 0.6) is 0 Å². The van der Waals surface area contributed by atoms with Crippen molar-refractivity contribution >= 4 is 12.6 Å². The lowest BCUT2D eigenvalue weighted by molar-refractivity contribution is 0.00578. The number of hydrogen-bond acceptors (Lipinski definition) is 2. The number of hydrogen-bond donors (Lipinski definition) is 0. The van der Waals surface area contributed by atoms with Gasteiger partial charge in [-0.05, 0) is 40.1 Å². The van der Waals surface area contributed by atoms with E-state index in [1.165, 1.54) is 12.1 Å². The van der Waals surface area contributed by atoms with Gasteiger partial charge >= 0.3 is 7.12 Å². The van der Waals surface area contributed by atoms with Crippen LogP contribution < -0.4 is 5.46 Å². The highest BCUT2D eigenvalue weighted by Crippen LogP contribution is 2.36. The second kappa shape index (κ2) is 4.56. The average molecular weight is 268 g/mol. The standard InChI is InChI=1S/C14H19BF2O2/c1-9-6-7-10(12(16)17)8-11(9)15-18-13(2,3)14(4,5)19-15/h6-8,12H,1-5H3. The van der Waals surface area contributed by atoms with Crippen molar-refractivity contribution in [1.82, 2.24) is 0 Å². The van der Waals surface area contributed by atoms with E-state index in [2.05, 4.69) is 0 Å². The Bertz CT molecular complexity index is 470. The van der Waals surface area contributed by atoms with Crippen LogP contribution in [0.4, 0.5) is 8.78 Å². The summed E-state index contributed by atoms with van der Waals surface area (Å²) in [6.45, 7) is 9.65. The van der Waals surface area contributed by atoms with Crippen molar-refractivity contribution in [1.29, 1.82) is 0 Å². The highest BCUT2D eigenvalue weighted by Gasteiger charge is 2.52. The van der Waals surface area contributed by atoms with E-state index in [1.54, 1.807) is 6.07 Å². The second-order valence-corrected chi connectivity index (χ2v) is 6.00. The lowest BCUT2D eigenvalue weighted by atomic mass is 9.75. The first-order valence-corrected chi connectivity index (χ1v) is 6.38. The first-order chi connectivity index (χ1) is 8.64. The van der Waals surface area contributed by atoms with Crippen molar-refractivity contribution in [3.63, 3.8) is 0 Å². The third-order valence-electron chi connectivity index (χ3n) is 4.06. The molecule has 1 saturated heterocycles. The van der Waals surface area contributed by atoms with E-state index in [-0.39, 0.29) is 5.56 Å². The molecule has 5 heteroatoms. The molecular formula is C14H19BF2O2. The Morgan fingerprint density at radius 2 is 1.58 bits per heavy atom. The molecule has 1 heterocycles. The molecule has 1 fully saturated rings. The molecule has 0 aromatic heterocycles. The fraction of sp³-hybridized carbons (Fsp3) is 0.571. The topological polar surface area (TPSA) is 18.5 Å². The first kappa shape index (κ1) is 14.5. The number of aryl methyl sites for hydroxylation is 1. The van der Waals surface area contributed by atoms with Crippen LogP contribution in [-0.2, 0) is 9.31 Å². The second-order valence-electron chi connectivity index (χ2n) is 6.00. The third kappa shape index (κ3) is 2.54. The fourth-order valence-corrected chi connectivity index (χ4v) is 2.02. The quantitative estimate of drug-likeness (QED) is 0.766. The van der Waals surface area contributed by atoms with Crippen molar-refractivity contribution in [2.75, 3.05) is 0 Å². The molecule has 0 radical (unpaired) electrons. The minimum absolute atomic E-state index is 0.00434. The zero-order valence-electron chi connectivity index (χ0n) is 12.0. The molecule has 0 N–H and O–H groups in total. The van der Waals surface area contributed by atoms with E-state index in [0.717, 1.165) is 5.56 Å². The minimum Gasteiger partial charge on any atom is -0.399 e. The minimum atomic E-state index is -2.48. The maximum Gasteiger partial charge on any atom is 0.495 e. The van der Waals surface area contributed by atoms with Crippen LogP contribution in [-0.4, -0.2) is 18.3 Å². The van der Waals surface area contributed by atoms with Gasteiger partial charge in [0.15, 0.2) is 0 Å². The van der Waals surface area contributed by atoms with Gasteiger partial charge < -0.3 is 9.31 Å². The smallest absolute Gasteiger partial charge is 0.399 e. The summed E-state index contributed by atoms with van der Waals surface area (Å²) in [6, 6.07) is 4.60. The molecule has 0 atom stereocenters. The lowest BCUT2D eigenvalue weighted by Crippen LogP contribution is -2.41. The predicted molar refractivity (Wildman–Crippen MR) is 71.9 cm³/mol. The molecule has 2 nitrogen and oxygen atoms in total. The van der Waals surface area contributed by atoms with E-state index < -0.39 is 24.7 Å². The Labute approximate surface area is 113 Å². The van der Waals surface area contributed by atoms with Gasteiger partial charge in [-0.1, -0.05) is 23.8 Å². The van der Waals surface area contributed by atoms with E-state index in [0.29, 0.717) is 5.46 Å². The van der Waals surface area contributed by atoms with Gasteiger partial charge in [-0.2, -0.15) is 0 Å². The molecule has 0 spiro atoms. The summed E-state index contributed by atoms with van der Waals surface area (Å²) < 4.78 is 37.4. The summed E-state index contributed by atoms with van der Waals surface area (Å²) in [5.74, 6) is 0. The van der Waals surface area contributed by atoms with Crippen molar-refractivity contribution in [3.05, 3.63) is 29.3 Å². The Hall–Kier alpha value is -0.935. The van der Waals surface area contributed by atoms with E-state index in [1.807, 2.05) is 34.6 Å². The average Bonchev–Trinajstić information content (AvgIpc) is 2.48. The first-order valence-electron chi connectivity index (χ1n) is 6.38. The van der Waals surface area contributed by atoms with Gasteiger partial charge in [0, 0.05) is 5.56 Å². The van der Waals surface area contributed by atoms with Crippen LogP contribution in [0.1, 0.15) is 45.2 Å². The summed E-state index contributed by atoms with van der Waals surface area (Å²) in [5, 5.41) is 0. The molecular weight excluding hydrogens is 249 g/mol. The zero-order valence-corrected chi connectivity index (χ0v) is 12.0. The Morgan fingerprint density at radius 3 is 2.05 bits per heavy atom. The molecule has 1 aliphatic heterocycles. The molecule has 104 valence electrons. The van der Waals surface area contributed by atoms with Crippen LogP contribution in [0.2, 0.25) is 0 Å². The van der Waals surface area contributed by atoms with Gasteiger partial charge in [-0.25, -0.2) is 8.78 Å². The molecule has 2 rings (SSSR count). The third-order valence-corrected chi connectivity index (χ3v) is 4.06. The van der Waals surface area contributed by atoms with Crippen LogP contribution in [0, 0.1) is 6.92 Å². The fourth-order valence-electron chi connectivity index (χ4n) is 2.02. The number of halogens is 2. The maximum atomic E-state index is 12.8. The number of benzene rings is 1. The van der Waals surface area contributed by atoms with Gasteiger partial charge in [0.05, 0.1) is 11.2 Å². The molecule has 0 aliphatic carbocycles. The van der Waals surface area contributed by atoms with Crippen molar-refractivity contribution in [3.8, 4) is 0 Å².